The van der Waals surface area contributed by atoms with E-state index in [4.69, 9.17) is 4.74 Å². The van der Waals surface area contributed by atoms with Gasteiger partial charge in [-0.25, -0.2) is 0 Å². The molecule has 1 fully saturated rings. The molecular formula is C17H24INO3S. The molecule has 1 aromatic heterocycles. The predicted octanol–water partition coefficient (Wildman–Crippen LogP) is 4.36. The van der Waals surface area contributed by atoms with Crippen LogP contribution < -0.4 is 4.90 Å². The highest BCUT2D eigenvalue weighted by Gasteiger charge is 2.33. The fourth-order valence-corrected chi connectivity index (χ4v) is 4.93. The van der Waals surface area contributed by atoms with Gasteiger partial charge in [0.25, 0.3) is 0 Å². The minimum absolute atomic E-state index is 0.0579. The van der Waals surface area contributed by atoms with E-state index in [1.807, 2.05) is 13.0 Å². The van der Waals surface area contributed by atoms with Crippen LogP contribution in [0.3, 0.4) is 0 Å². The van der Waals surface area contributed by atoms with Crippen LogP contribution in [0.2, 0.25) is 0 Å². The molecule has 1 aliphatic carbocycles. The van der Waals surface area contributed by atoms with Gasteiger partial charge in [0.2, 0.25) is 5.91 Å². The molecule has 4 nitrogen and oxygen atoms in total. The second-order valence-corrected chi connectivity index (χ2v) is 9.37. The molecule has 2 rings (SSSR count). The van der Waals surface area contributed by atoms with Crippen molar-refractivity contribution >= 4 is 51.8 Å². The lowest BCUT2D eigenvalue weighted by atomic mass is 9.82. The fraction of sp³-hybridized carbons (Fsp3) is 0.647. The van der Waals surface area contributed by atoms with Crippen LogP contribution in [0.25, 0.3) is 0 Å². The van der Waals surface area contributed by atoms with Crippen molar-refractivity contribution in [3.05, 3.63) is 13.8 Å². The Morgan fingerprint density at radius 2 is 2.13 bits per heavy atom. The first kappa shape index (κ1) is 18.9. The zero-order valence-electron chi connectivity index (χ0n) is 13.9. The summed E-state index contributed by atoms with van der Waals surface area (Å²) in [6, 6.07) is 1.85. The van der Waals surface area contributed by atoms with E-state index in [0.717, 1.165) is 40.5 Å². The van der Waals surface area contributed by atoms with Gasteiger partial charge in [-0.1, -0.05) is 6.92 Å². The summed E-state index contributed by atoms with van der Waals surface area (Å²) in [5, 5.41) is 0. The Kier molecular flexibility index (Phi) is 7.03. The van der Waals surface area contributed by atoms with E-state index in [1.54, 1.807) is 12.0 Å². The normalized spacial score (nSPS) is 22.6. The minimum Gasteiger partial charge on any atom is -0.383 e. The molecule has 1 amide bonds. The lowest BCUT2D eigenvalue weighted by Crippen LogP contribution is -2.45. The summed E-state index contributed by atoms with van der Waals surface area (Å²) >= 11 is 3.63. The first-order valence-corrected chi connectivity index (χ1v) is 9.94. The number of halogens is 1. The van der Waals surface area contributed by atoms with Crippen molar-refractivity contribution < 1.29 is 14.3 Å². The number of nitrogens with zero attached hydrogens (tertiary/aromatic N) is 1. The maximum absolute atomic E-state index is 13.2. The molecule has 128 valence electrons. The van der Waals surface area contributed by atoms with Gasteiger partial charge in [0.15, 0.2) is 6.29 Å². The Morgan fingerprint density at radius 3 is 2.70 bits per heavy atom. The lowest BCUT2D eigenvalue weighted by molar-refractivity contribution is -0.124. The molecular weight excluding hydrogens is 425 g/mol. The second kappa shape index (κ2) is 8.58. The summed E-state index contributed by atoms with van der Waals surface area (Å²) in [7, 11) is 1.64. The molecule has 1 unspecified atom stereocenters. The SMILES string of the molecule is COCC(C)N(c1cc(I)sc1C=O)C(=O)[C@H]1CC[C@H](C)CC1. The molecule has 23 heavy (non-hydrogen) atoms. The van der Waals surface area contributed by atoms with Gasteiger partial charge in [-0.2, -0.15) is 0 Å². The van der Waals surface area contributed by atoms with Crippen molar-refractivity contribution in [3.63, 3.8) is 0 Å². The monoisotopic (exact) mass is 449 g/mol. The van der Waals surface area contributed by atoms with Gasteiger partial charge in [0.05, 0.1) is 26.1 Å². The molecule has 1 aliphatic rings. The molecule has 1 atom stereocenters. The van der Waals surface area contributed by atoms with Gasteiger partial charge >= 0.3 is 0 Å². The van der Waals surface area contributed by atoms with E-state index in [1.165, 1.54) is 11.3 Å². The number of ether oxygens (including phenoxy) is 1. The Balaban J connectivity index is 2.30. The number of hydrogen-bond acceptors (Lipinski definition) is 4. The topological polar surface area (TPSA) is 46.6 Å². The quantitative estimate of drug-likeness (QED) is 0.479. The first-order chi connectivity index (χ1) is 11.0. The minimum atomic E-state index is -0.0871. The zero-order chi connectivity index (χ0) is 17.0. The first-order valence-electron chi connectivity index (χ1n) is 8.04. The van der Waals surface area contributed by atoms with Gasteiger partial charge < -0.3 is 9.64 Å². The molecule has 0 N–H and O–H groups in total. The van der Waals surface area contributed by atoms with Crippen molar-refractivity contribution in [2.75, 3.05) is 18.6 Å². The highest BCUT2D eigenvalue weighted by Crippen LogP contribution is 2.35. The van der Waals surface area contributed by atoms with Gasteiger partial charge in [0, 0.05) is 13.0 Å². The molecule has 0 aromatic carbocycles. The van der Waals surface area contributed by atoms with E-state index < -0.39 is 0 Å². The number of thiophene rings is 1. The summed E-state index contributed by atoms with van der Waals surface area (Å²) < 4.78 is 6.27. The number of amides is 1. The number of methoxy groups -OCH3 is 1. The largest absolute Gasteiger partial charge is 0.383 e. The van der Waals surface area contributed by atoms with Crippen molar-refractivity contribution in [3.8, 4) is 0 Å². The molecule has 1 aromatic rings. The number of carbonyl (C=O) groups excluding carboxylic acids is 2. The molecule has 1 heterocycles. The van der Waals surface area contributed by atoms with Gasteiger partial charge in [-0.3, -0.25) is 9.59 Å². The van der Waals surface area contributed by atoms with Crippen molar-refractivity contribution in [2.45, 2.75) is 45.6 Å². The average Bonchev–Trinajstić information content (AvgIpc) is 2.89. The third kappa shape index (κ3) is 4.54. The summed E-state index contributed by atoms with van der Waals surface area (Å²) in [5.74, 6) is 0.901. The van der Waals surface area contributed by atoms with Crippen molar-refractivity contribution in [2.24, 2.45) is 11.8 Å². The van der Waals surface area contributed by atoms with Crippen molar-refractivity contribution in [1.29, 1.82) is 0 Å². The van der Waals surface area contributed by atoms with E-state index in [9.17, 15) is 9.59 Å². The number of rotatable bonds is 6. The fourth-order valence-electron chi connectivity index (χ4n) is 3.23. The molecule has 1 saturated carbocycles. The summed E-state index contributed by atoms with van der Waals surface area (Å²) in [6.07, 6.45) is 4.93. The van der Waals surface area contributed by atoms with Crippen LogP contribution in [0.4, 0.5) is 5.69 Å². The van der Waals surface area contributed by atoms with Crippen LogP contribution in [0.1, 0.15) is 49.2 Å². The lowest BCUT2D eigenvalue weighted by Gasteiger charge is -2.34. The summed E-state index contributed by atoms with van der Waals surface area (Å²) in [6.45, 7) is 4.68. The number of anilines is 1. The Bertz CT molecular complexity index is 552. The third-order valence-corrected chi connectivity index (χ3v) is 6.34. The van der Waals surface area contributed by atoms with Gasteiger partial charge in [-0.05, 0) is 67.2 Å². The number of hydrogen-bond donors (Lipinski definition) is 0. The molecule has 0 aliphatic heterocycles. The Labute approximate surface area is 155 Å². The van der Waals surface area contributed by atoms with Crippen LogP contribution in [0.15, 0.2) is 6.07 Å². The Morgan fingerprint density at radius 1 is 1.48 bits per heavy atom. The van der Waals surface area contributed by atoms with Gasteiger partial charge in [0.1, 0.15) is 0 Å². The highest BCUT2D eigenvalue weighted by molar-refractivity contribution is 14.1. The van der Waals surface area contributed by atoms with Gasteiger partial charge in [-0.15, -0.1) is 11.3 Å². The van der Waals surface area contributed by atoms with Crippen LogP contribution in [-0.2, 0) is 9.53 Å². The highest BCUT2D eigenvalue weighted by atomic mass is 127. The molecule has 0 saturated heterocycles. The molecule has 6 heteroatoms. The summed E-state index contributed by atoms with van der Waals surface area (Å²) in [5.41, 5.74) is 0.738. The Hall–Kier alpha value is -0.470. The summed E-state index contributed by atoms with van der Waals surface area (Å²) in [4.78, 5) is 27.0. The van der Waals surface area contributed by atoms with Crippen LogP contribution in [0, 0.1) is 14.7 Å². The number of carbonyl (C=O) groups is 2. The van der Waals surface area contributed by atoms with E-state index in [0.29, 0.717) is 17.4 Å². The van der Waals surface area contributed by atoms with Crippen LogP contribution in [0.5, 0.6) is 0 Å². The maximum Gasteiger partial charge on any atom is 0.230 e. The molecule has 0 bridgehead atoms. The van der Waals surface area contributed by atoms with Crippen LogP contribution in [-0.4, -0.2) is 32.0 Å². The van der Waals surface area contributed by atoms with E-state index >= 15 is 0 Å². The zero-order valence-corrected chi connectivity index (χ0v) is 16.9. The predicted molar refractivity (Wildman–Crippen MR) is 102 cm³/mol. The van der Waals surface area contributed by atoms with Crippen molar-refractivity contribution in [1.82, 2.24) is 0 Å². The third-order valence-electron chi connectivity index (χ3n) is 4.53. The average molecular weight is 449 g/mol. The van der Waals surface area contributed by atoms with E-state index in [-0.39, 0.29) is 17.9 Å². The number of aldehydes is 1. The second-order valence-electron chi connectivity index (χ2n) is 6.39. The maximum atomic E-state index is 13.2. The standard InChI is InChI=1S/C17H24INO3S/c1-11-4-6-13(7-5-11)17(21)19(12(2)10-22-3)14-8-16(18)23-15(14)9-20/h8-9,11-13H,4-7,10H2,1-3H3/t11-,12?,13-. The van der Waals surface area contributed by atoms with Crippen LogP contribution >= 0.6 is 33.9 Å². The molecule has 0 radical (unpaired) electrons. The molecule has 0 spiro atoms. The van der Waals surface area contributed by atoms with E-state index in [2.05, 4.69) is 29.5 Å². The smallest absolute Gasteiger partial charge is 0.230 e.